The van der Waals surface area contributed by atoms with E-state index in [2.05, 4.69) is 15.5 Å². The first kappa shape index (κ1) is 24.4. The van der Waals surface area contributed by atoms with Crippen LogP contribution in [0.3, 0.4) is 0 Å². The molecular weight excluding hydrogens is 484 g/mol. The summed E-state index contributed by atoms with van der Waals surface area (Å²) in [6.07, 6.45) is 1.18. The van der Waals surface area contributed by atoms with Gasteiger partial charge in [-0.3, -0.25) is 14.4 Å². The Kier molecular flexibility index (Phi) is 7.13. The van der Waals surface area contributed by atoms with Gasteiger partial charge in [0.05, 0.1) is 25.6 Å². The standard InChI is InChI=1S/C25H24N4O4S2/c1-17-5-4-6-21(15-17)29(35(3,31)32)16-18-7-9-19(10-8-18)23(30)26-25-28-27-24(34-25)20-11-13-22(33-2)14-12-20/h4-15H,16H2,1-3H3,(H,26,28,30). The van der Waals surface area contributed by atoms with Crippen LogP contribution in [-0.2, 0) is 16.6 Å². The van der Waals surface area contributed by atoms with Crippen molar-refractivity contribution in [3.8, 4) is 16.3 Å². The molecule has 0 radical (unpaired) electrons. The second-order valence-electron chi connectivity index (χ2n) is 7.90. The smallest absolute Gasteiger partial charge is 0.257 e. The van der Waals surface area contributed by atoms with E-state index in [1.807, 2.05) is 49.4 Å². The number of carbonyl (C=O) groups excluding carboxylic acids is 1. The summed E-state index contributed by atoms with van der Waals surface area (Å²) in [5, 5.41) is 12.0. The van der Waals surface area contributed by atoms with Crippen molar-refractivity contribution < 1.29 is 17.9 Å². The van der Waals surface area contributed by atoms with Crippen LogP contribution in [0.25, 0.3) is 10.6 Å². The maximum absolute atomic E-state index is 12.7. The van der Waals surface area contributed by atoms with Gasteiger partial charge in [-0.1, -0.05) is 35.6 Å². The molecule has 0 spiro atoms. The van der Waals surface area contributed by atoms with Crippen molar-refractivity contribution in [1.29, 1.82) is 0 Å². The number of benzene rings is 3. The molecular formula is C25H24N4O4S2. The summed E-state index contributed by atoms with van der Waals surface area (Å²) in [5.74, 6) is 0.418. The molecule has 0 unspecified atom stereocenters. The Morgan fingerprint density at radius 3 is 2.37 bits per heavy atom. The molecule has 3 aromatic carbocycles. The third kappa shape index (κ3) is 6.03. The van der Waals surface area contributed by atoms with Crippen molar-refractivity contribution >= 4 is 38.1 Å². The highest BCUT2D eigenvalue weighted by Crippen LogP contribution is 2.28. The first-order valence-corrected chi connectivity index (χ1v) is 13.3. The van der Waals surface area contributed by atoms with Crippen LogP contribution in [0, 0.1) is 6.92 Å². The molecule has 0 atom stereocenters. The van der Waals surface area contributed by atoms with Crippen LogP contribution in [0.1, 0.15) is 21.5 Å². The van der Waals surface area contributed by atoms with Gasteiger partial charge in [-0.05, 0) is 66.6 Å². The molecule has 8 nitrogen and oxygen atoms in total. The monoisotopic (exact) mass is 508 g/mol. The summed E-state index contributed by atoms with van der Waals surface area (Å²) in [6.45, 7) is 2.07. The Morgan fingerprint density at radius 2 is 1.74 bits per heavy atom. The predicted molar refractivity (Wildman–Crippen MR) is 138 cm³/mol. The molecule has 35 heavy (non-hydrogen) atoms. The fourth-order valence-electron chi connectivity index (χ4n) is 3.40. The number of hydrogen-bond acceptors (Lipinski definition) is 7. The number of rotatable bonds is 8. The predicted octanol–water partition coefficient (Wildman–Crippen LogP) is 4.74. The Bertz CT molecular complexity index is 1430. The third-order valence-corrected chi connectivity index (χ3v) is 7.24. The molecule has 0 aliphatic carbocycles. The fraction of sp³-hybridized carbons (Fsp3) is 0.160. The molecule has 1 N–H and O–H groups in total. The minimum absolute atomic E-state index is 0.159. The average Bonchev–Trinajstić information content (AvgIpc) is 3.30. The van der Waals surface area contributed by atoms with Crippen LogP contribution in [0.5, 0.6) is 5.75 Å². The molecule has 4 rings (SSSR count). The van der Waals surface area contributed by atoms with Crippen LogP contribution in [-0.4, -0.2) is 37.9 Å². The van der Waals surface area contributed by atoms with Crippen molar-refractivity contribution in [3.63, 3.8) is 0 Å². The van der Waals surface area contributed by atoms with Crippen LogP contribution < -0.4 is 14.4 Å². The van der Waals surface area contributed by atoms with E-state index in [9.17, 15) is 13.2 Å². The summed E-state index contributed by atoms with van der Waals surface area (Å²) >= 11 is 1.27. The normalized spacial score (nSPS) is 11.2. The Labute approximate surface area is 208 Å². The van der Waals surface area contributed by atoms with Gasteiger partial charge < -0.3 is 4.74 Å². The highest BCUT2D eigenvalue weighted by atomic mass is 32.2. The zero-order chi connectivity index (χ0) is 25.0. The van der Waals surface area contributed by atoms with Crippen molar-refractivity contribution in [3.05, 3.63) is 89.5 Å². The van der Waals surface area contributed by atoms with Gasteiger partial charge >= 0.3 is 0 Å². The van der Waals surface area contributed by atoms with E-state index in [0.717, 1.165) is 22.4 Å². The lowest BCUT2D eigenvalue weighted by Crippen LogP contribution is -2.29. The highest BCUT2D eigenvalue weighted by Gasteiger charge is 2.18. The number of hydrogen-bond donors (Lipinski definition) is 1. The van der Waals surface area contributed by atoms with E-state index in [4.69, 9.17) is 4.74 Å². The molecule has 0 aliphatic rings. The van der Waals surface area contributed by atoms with E-state index >= 15 is 0 Å². The Balaban J connectivity index is 1.44. The van der Waals surface area contributed by atoms with Crippen LogP contribution >= 0.6 is 11.3 Å². The Morgan fingerprint density at radius 1 is 1.03 bits per heavy atom. The molecule has 10 heteroatoms. The number of aryl methyl sites for hydroxylation is 1. The lowest BCUT2D eigenvalue weighted by molar-refractivity contribution is 0.102. The van der Waals surface area contributed by atoms with Gasteiger partial charge in [0, 0.05) is 11.1 Å². The summed E-state index contributed by atoms with van der Waals surface area (Å²) in [7, 11) is -1.89. The molecule has 0 aliphatic heterocycles. The van der Waals surface area contributed by atoms with Crippen LogP contribution in [0.4, 0.5) is 10.8 Å². The molecule has 1 amide bonds. The molecule has 0 saturated heterocycles. The van der Waals surface area contributed by atoms with Crippen molar-refractivity contribution in [2.45, 2.75) is 13.5 Å². The van der Waals surface area contributed by atoms with E-state index in [0.29, 0.717) is 21.4 Å². The quantitative estimate of drug-likeness (QED) is 0.369. The number of carbonyl (C=O) groups is 1. The molecule has 4 aromatic rings. The van der Waals surface area contributed by atoms with Crippen molar-refractivity contribution in [2.75, 3.05) is 23.0 Å². The molecule has 1 aromatic heterocycles. The number of nitrogens with one attached hydrogen (secondary N) is 1. The third-order valence-electron chi connectivity index (χ3n) is 5.21. The summed E-state index contributed by atoms with van der Waals surface area (Å²) in [4.78, 5) is 12.7. The summed E-state index contributed by atoms with van der Waals surface area (Å²) < 4.78 is 31.3. The molecule has 1 heterocycles. The lowest BCUT2D eigenvalue weighted by Gasteiger charge is -2.23. The first-order valence-electron chi connectivity index (χ1n) is 10.7. The van der Waals surface area contributed by atoms with Gasteiger partial charge in [0.2, 0.25) is 15.2 Å². The topological polar surface area (TPSA) is 101 Å². The van der Waals surface area contributed by atoms with Gasteiger partial charge in [-0.2, -0.15) is 0 Å². The minimum Gasteiger partial charge on any atom is -0.497 e. The van der Waals surface area contributed by atoms with Crippen LogP contribution in [0.2, 0.25) is 0 Å². The van der Waals surface area contributed by atoms with Gasteiger partial charge in [0.25, 0.3) is 5.91 Å². The van der Waals surface area contributed by atoms with Crippen molar-refractivity contribution in [1.82, 2.24) is 10.2 Å². The summed E-state index contributed by atoms with van der Waals surface area (Å²) in [5.41, 5.74) is 3.62. The number of sulfonamides is 1. The van der Waals surface area contributed by atoms with E-state index in [1.54, 1.807) is 37.4 Å². The number of anilines is 2. The fourth-order valence-corrected chi connectivity index (χ4v) is 5.03. The van der Waals surface area contributed by atoms with Crippen LogP contribution in [0.15, 0.2) is 72.8 Å². The van der Waals surface area contributed by atoms with E-state index in [-0.39, 0.29) is 12.5 Å². The molecule has 0 saturated carbocycles. The second kappa shape index (κ2) is 10.2. The maximum Gasteiger partial charge on any atom is 0.257 e. The number of amides is 1. The molecule has 0 bridgehead atoms. The first-order chi connectivity index (χ1) is 16.7. The SMILES string of the molecule is COc1ccc(-c2nnc(NC(=O)c3ccc(CN(c4cccc(C)c4)S(C)(=O)=O)cc3)s2)cc1. The highest BCUT2D eigenvalue weighted by molar-refractivity contribution is 7.92. The molecule has 0 fully saturated rings. The second-order valence-corrected chi connectivity index (χ2v) is 10.8. The van der Waals surface area contributed by atoms with Gasteiger partial charge in [-0.25, -0.2) is 8.42 Å². The molecule has 180 valence electrons. The van der Waals surface area contributed by atoms with Gasteiger partial charge in [-0.15, -0.1) is 10.2 Å². The largest absolute Gasteiger partial charge is 0.497 e. The minimum atomic E-state index is -3.49. The zero-order valence-corrected chi connectivity index (χ0v) is 21.1. The lowest BCUT2D eigenvalue weighted by atomic mass is 10.1. The average molecular weight is 509 g/mol. The van der Waals surface area contributed by atoms with Crippen molar-refractivity contribution in [2.24, 2.45) is 0 Å². The number of methoxy groups -OCH3 is 1. The zero-order valence-electron chi connectivity index (χ0n) is 19.4. The van der Waals surface area contributed by atoms with Gasteiger partial charge in [0.1, 0.15) is 10.8 Å². The van der Waals surface area contributed by atoms with E-state index < -0.39 is 10.0 Å². The van der Waals surface area contributed by atoms with E-state index in [1.165, 1.54) is 21.9 Å². The number of ether oxygens (including phenoxy) is 1. The summed E-state index contributed by atoms with van der Waals surface area (Å²) in [6, 6.07) is 21.5. The maximum atomic E-state index is 12.7. The number of aromatic nitrogens is 2. The Hall–Kier alpha value is -3.76. The van der Waals surface area contributed by atoms with Gasteiger partial charge in [0.15, 0.2) is 0 Å². The number of nitrogens with zero attached hydrogens (tertiary/aromatic N) is 3.